The average molecular weight is 325 g/mol. The number of rotatable bonds is 7. The topological polar surface area (TPSA) is 52.6 Å². The van der Waals surface area contributed by atoms with Gasteiger partial charge in [-0.15, -0.1) is 0 Å². The molecule has 2 N–H and O–H groups in total. The van der Waals surface area contributed by atoms with E-state index in [2.05, 4.69) is 10.2 Å². The average Bonchev–Trinajstić information content (AvgIpc) is 2.51. The van der Waals surface area contributed by atoms with E-state index in [4.69, 9.17) is 11.6 Å². The molecular weight excluding hydrogens is 300 g/mol. The molecule has 4 nitrogen and oxygen atoms in total. The molecule has 0 saturated carbocycles. The third-order valence-electron chi connectivity index (χ3n) is 4.06. The zero-order chi connectivity index (χ0) is 15.8. The highest BCUT2D eigenvalue weighted by Gasteiger charge is 2.16. The largest absolute Gasteiger partial charge is 0.393 e. The lowest BCUT2D eigenvalue weighted by Crippen LogP contribution is -2.37. The maximum atomic E-state index is 11.8. The molecule has 0 atom stereocenters. The first-order valence-electron chi connectivity index (χ1n) is 8.05. The molecule has 1 aromatic rings. The van der Waals surface area contributed by atoms with Crippen LogP contribution in [0.1, 0.15) is 31.2 Å². The fourth-order valence-electron chi connectivity index (χ4n) is 2.71. The van der Waals surface area contributed by atoms with E-state index in [1.165, 1.54) is 0 Å². The van der Waals surface area contributed by atoms with E-state index in [9.17, 15) is 9.90 Å². The van der Waals surface area contributed by atoms with Gasteiger partial charge in [-0.2, -0.15) is 0 Å². The Bertz CT molecular complexity index is 473. The number of hydrogen-bond acceptors (Lipinski definition) is 3. The number of amides is 1. The molecule has 1 fully saturated rings. The first kappa shape index (κ1) is 17.3. The number of aliphatic hydroxyl groups excluding tert-OH is 1. The molecule has 0 bridgehead atoms. The number of halogens is 1. The second kappa shape index (κ2) is 9.13. The van der Waals surface area contributed by atoms with Crippen LogP contribution in [0, 0.1) is 0 Å². The monoisotopic (exact) mass is 324 g/mol. The highest BCUT2D eigenvalue weighted by molar-refractivity contribution is 6.30. The number of aryl methyl sites for hydroxylation is 1. The fourth-order valence-corrected chi connectivity index (χ4v) is 2.93. The van der Waals surface area contributed by atoms with E-state index < -0.39 is 0 Å². The molecule has 0 aliphatic carbocycles. The van der Waals surface area contributed by atoms with E-state index in [0.717, 1.165) is 50.9 Å². The summed E-state index contributed by atoms with van der Waals surface area (Å²) in [6.45, 7) is 3.63. The van der Waals surface area contributed by atoms with Gasteiger partial charge in [-0.1, -0.05) is 23.7 Å². The number of carbonyl (C=O) groups excluding carboxylic acids is 1. The van der Waals surface area contributed by atoms with Crippen LogP contribution < -0.4 is 5.32 Å². The van der Waals surface area contributed by atoms with Crippen LogP contribution in [0.25, 0.3) is 0 Å². The molecule has 1 amide bonds. The standard InChI is InChI=1S/C17H25ClN2O2/c18-15-4-1-3-14(13-15)5-6-17(22)19-9-2-10-20-11-7-16(21)8-12-20/h1,3-4,13,16,21H,2,5-12H2,(H,19,22). The number of nitrogens with zero attached hydrogens (tertiary/aromatic N) is 1. The Morgan fingerprint density at radius 1 is 1.36 bits per heavy atom. The van der Waals surface area contributed by atoms with Crippen molar-refractivity contribution in [1.29, 1.82) is 0 Å². The van der Waals surface area contributed by atoms with Gasteiger partial charge in [0.2, 0.25) is 5.91 Å². The molecule has 0 aromatic heterocycles. The maximum Gasteiger partial charge on any atom is 0.220 e. The summed E-state index contributed by atoms with van der Waals surface area (Å²) in [4.78, 5) is 14.2. The molecule has 0 radical (unpaired) electrons. The number of piperidine rings is 1. The van der Waals surface area contributed by atoms with Crippen molar-refractivity contribution in [3.05, 3.63) is 34.9 Å². The van der Waals surface area contributed by atoms with Crippen molar-refractivity contribution < 1.29 is 9.90 Å². The maximum absolute atomic E-state index is 11.8. The van der Waals surface area contributed by atoms with Crippen LogP contribution in [0.5, 0.6) is 0 Å². The molecule has 1 heterocycles. The summed E-state index contributed by atoms with van der Waals surface area (Å²) in [6, 6.07) is 7.64. The van der Waals surface area contributed by atoms with Gasteiger partial charge in [-0.25, -0.2) is 0 Å². The SMILES string of the molecule is O=C(CCc1cccc(Cl)c1)NCCCN1CCC(O)CC1. The zero-order valence-electron chi connectivity index (χ0n) is 12.9. The van der Waals surface area contributed by atoms with Crippen LogP contribution in [0.4, 0.5) is 0 Å². The van der Waals surface area contributed by atoms with Gasteiger partial charge in [0.05, 0.1) is 6.10 Å². The number of aliphatic hydroxyl groups is 1. The lowest BCUT2D eigenvalue weighted by molar-refractivity contribution is -0.121. The van der Waals surface area contributed by atoms with Crippen molar-refractivity contribution >= 4 is 17.5 Å². The van der Waals surface area contributed by atoms with Gasteiger partial charge in [-0.05, 0) is 49.9 Å². The Morgan fingerprint density at radius 3 is 2.86 bits per heavy atom. The second-order valence-electron chi connectivity index (χ2n) is 5.91. The minimum atomic E-state index is -0.123. The molecular formula is C17H25ClN2O2. The van der Waals surface area contributed by atoms with Gasteiger partial charge in [0.15, 0.2) is 0 Å². The van der Waals surface area contributed by atoms with E-state index >= 15 is 0 Å². The summed E-state index contributed by atoms with van der Waals surface area (Å²) in [6.07, 6.45) is 3.78. The number of carbonyl (C=O) groups is 1. The summed E-state index contributed by atoms with van der Waals surface area (Å²) >= 11 is 5.92. The predicted molar refractivity (Wildman–Crippen MR) is 89.1 cm³/mol. The molecule has 1 aliphatic heterocycles. The highest BCUT2D eigenvalue weighted by Crippen LogP contribution is 2.12. The summed E-state index contributed by atoms with van der Waals surface area (Å²) in [5, 5.41) is 13.1. The molecule has 22 heavy (non-hydrogen) atoms. The van der Waals surface area contributed by atoms with Gasteiger partial charge in [0, 0.05) is 31.1 Å². The number of nitrogens with one attached hydrogen (secondary N) is 1. The predicted octanol–water partition coefficient (Wildman–Crippen LogP) is 2.24. The molecule has 2 rings (SSSR count). The van der Waals surface area contributed by atoms with E-state index in [0.29, 0.717) is 18.0 Å². The molecule has 1 aromatic carbocycles. The van der Waals surface area contributed by atoms with E-state index in [-0.39, 0.29) is 12.0 Å². The minimum Gasteiger partial charge on any atom is -0.393 e. The Balaban J connectivity index is 1.54. The van der Waals surface area contributed by atoms with E-state index in [1.54, 1.807) is 0 Å². The van der Waals surface area contributed by atoms with Gasteiger partial charge in [0.1, 0.15) is 0 Å². The van der Waals surface area contributed by atoms with Crippen molar-refractivity contribution in [2.45, 2.75) is 38.2 Å². The Hall–Kier alpha value is -1.10. The van der Waals surface area contributed by atoms with Crippen LogP contribution in [-0.4, -0.2) is 48.2 Å². The van der Waals surface area contributed by atoms with Crippen molar-refractivity contribution in [3.8, 4) is 0 Å². The quantitative estimate of drug-likeness (QED) is 0.756. The third kappa shape index (κ3) is 6.34. The van der Waals surface area contributed by atoms with Crippen LogP contribution in [0.3, 0.4) is 0 Å². The fraction of sp³-hybridized carbons (Fsp3) is 0.588. The lowest BCUT2D eigenvalue weighted by atomic mass is 10.1. The summed E-state index contributed by atoms with van der Waals surface area (Å²) in [7, 11) is 0. The van der Waals surface area contributed by atoms with Crippen molar-refractivity contribution in [2.24, 2.45) is 0 Å². The minimum absolute atomic E-state index is 0.0917. The summed E-state index contributed by atoms with van der Waals surface area (Å²) in [5.41, 5.74) is 1.09. The second-order valence-corrected chi connectivity index (χ2v) is 6.34. The third-order valence-corrected chi connectivity index (χ3v) is 4.30. The van der Waals surface area contributed by atoms with Crippen molar-refractivity contribution in [2.75, 3.05) is 26.2 Å². The van der Waals surface area contributed by atoms with Gasteiger partial charge in [-0.3, -0.25) is 4.79 Å². The van der Waals surface area contributed by atoms with Crippen LogP contribution >= 0.6 is 11.6 Å². The molecule has 1 aliphatic rings. The highest BCUT2D eigenvalue weighted by atomic mass is 35.5. The molecule has 0 unspecified atom stereocenters. The van der Waals surface area contributed by atoms with E-state index in [1.807, 2.05) is 24.3 Å². The van der Waals surface area contributed by atoms with Gasteiger partial charge < -0.3 is 15.3 Å². The Labute approximate surface area is 137 Å². The molecule has 5 heteroatoms. The Kier molecular flexibility index (Phi) is 7.16. The Morgan fingerprint density at radius 2 is 2.14 bits per heavy atom. The molecule has 122 valence electrons. The molecule has 0 spiro atoms. The van der Waals surface area contributed by atoms with Crippen LogP contribution in [0.15, 0.2) is 24.3 Å². The summed E-state index contributed by atoms with van der Waals surface area (Å²) in [5.74, 6) is 0.0917. The van der Waals surface area contributed by atoms with Gasteiger partial charge in [0.25, 0.3) is 0 Å². The number of hydrogen-bond donors (Lipinski definition) is 2. The van der Waals surface area contributed by atoms with Crippen LogP contribution in [-0.2, 0) is 11.2 Å². The van der Waals surface area contributed by atoms with Crippen molar-refractivity contribution in [3.63, 3.8) is 0 Å². The van der Waals surface area contributed by atoms with Crippen LogP contribution in [0.2, 0.25) is 5.02 Å². The number of benzene rings is 1. The lowest BCUT2D eigenvalue weighted by Gasteiger charge is -2.29. The zero-order valence-corrected chi connectivity index (χ0v) is 13.7. The number of likely N-dealkylation sites (tertiary alicyclic amines) is 1. The van der Waals surface area contributed by atoms with Gasteiger partial charge >= 0.3 is 0 Å². The summed E-state index contributed by atoms with van der Waals surface area (Å²) < 4.78 is 0. The smallest absolute Gasteiger partial charge is 0.220 e. The normalized spacial score (nSPS) is 16.6. The first-order chi connectivity index (χ1) is 10.6. The molecule has 1 saturated heterocycles. The first-order valence-corrected chi connectivity index (χ1v) is 8.43. The van der Waals surface area contributed by atoms with Crippen molar-refractivity contribution in [1.82, 2.24) is 10.2 Å².